The van der Waals surface area contributed by atoms with Gasteiger partial charge in [0.2, 0.25) is 5.91 Å². The molecule has 0 bridgehead atoms. The first kappa shape index (κ1) is 14.8. The van der Waals surface area contributed by atoms with Crippen LogP contribution in [0.25, 0.3) is 6.08 Å². The van der Waals surface area contributed by atoms with Gasteiger partial charge in [-0.2, -0.15) is 0 Å². The second kappa shape index (κ2) is 7.20. The largest absolute Gasteiger partial charge is 0.497 e. The minimum Gasteiger partial charge on any atom is -0.497 e. The number of carbonyl (C=O) groups excluding carboxylic acids is 1. The van der Waals surface area contributed by atoms with Crippen LogP contribution in [0.15, 0.2) is 24.3 Å². The number of carbonyl (C=O) groups is 2. The molecule has 102 valence electrons. The van der Waals surface area contributed by atoms with Crippen molar-refractivity contribution < 1.29 is 19.4 Å². The fourth-order valence-electron chi connectivity index (χ4n) is 1.53. The summed E-state index contributed by atoms with van der Waals surface area (Å²) < 4.78 is 4.99. The third-order valence-corrected chi connectivity index (χ3v) is 2.47. The number of rotatable bonds is 6. The van der Waals surface area contributed by atoms with E-state index in [1.165, 1.54) is 20.1 Å². The molecule has 0 aliphatic heterocycles. The zero-order chi connectivity index (χ0) is 14.3. The lowest BCUT2D eigenvalue weighted by atomic mass is 10.1. The molecule has 0 unspecified atom stereocenters. The summed E-state index contributed by atoms with van der Waals surface area (Å²) in [6.07, 6.45) is 4.19. The molecule has 1 aromatic rings. The molecule has 0 atom stereocenters. The molecular formula is C14H17NO4. The zero-order valence-electron chi connectivity index (χ0n) is 11.0. The number of nitrogens with one attached hydrogen (secondary N) is 1. The fraction of sp³-hybridized carbons (Fsp3) is 0.286. The van der Waals surface area contributed by atoms with Gasteiger partial charge < -0.3 is 15.2 Å². The van der Waals surface area contributed by atoms with Crippen molar-refractivity contribution in [2.75, 3.05) is 13.7 Å². The van der Waals surface area contributed by atoms with Gasteiger partial charge in [-0.15, -0.1) is 0 Å². The first-order valence-corrected chi connectivity index (χ1v) is 5.87. The summed E-state index contributed by atoms with van der Waals surface area (Å²) in [5.41, 5.74) is 0.797. The molecule has 1 rings (SSSR count). The molecule has 1 aromatic carbocycles. The summed E-state index contributed by atoms with van der Waals surface area (Å²) in [5, 5.41) is 11.8. The number of hydrogen-bond acceptors (Lipinski definition) is 3. The van der Waals surface area contributed by atoms with E-state index in [-0.39, 0.29) is 11.5 Å². The molecule has 5 nitrogen and oxygen atoms in total. The van der Waals surface area contributed by atoms with Gasteiger partial charge in [0.1, 0.15) is 5.75 Å². The Kier molecular flexibility index (Phi) is 5.60. The summed E-state index contributed by atoms with van der Waals surface area (Å²) in [7, 11) is 1.49. The molecule has 0 saturated carbocycles. The summed E-state index contributed by atoms with van der Waals surface area (Å²) in [6, 6.07) is 4.88. The second-order valence-corrected chi connectivity index (χ2v) is 3.93. The van der Waals surface area contributed by atoms with Crippen LogP contribution in [0, 0.1) is 0 Å². The van der Waals surface area contributed by atoms with Gasteiger partial charge in [0.15, 0.2) is 0 Å². The Morgan fingerprint density at radius 2 is 2.16 bits per heavy atom. The summed E-state index contributed by atoms with van der Waals surface area (Å²) >= 11 is 0. The smallest absolute Gasteiger partial charge is 0.336 e. The molecule has 0 aliphatic rings. The molecule has 0 aromatic heterocycles. The van der Waals surface area contributed by atoms with E-state index in [2.05, 4.69) is 5.32 Å². The van der Waals surface area contributed by atoms with Crippen molar-refractivity contribution in [3.63, 3.8) is 0 Å². The predicted octanol–water partition coefficient (Wildman–Crippen LogP) is 1.93. The molecule has 1 amide bonds. The molecular weight excluding hydrogens is 246 g/mol. The molecule has 0 fully saturated rings. The minimum atomic E-state index is -1.000. The highest BCUT2D eigenvalue weighted by molar-refractivity contribution is 5.92. The summed E-state index contributed by atoms with van der Waals surface area (Å²) in [4.78, 5) is 21.8. The molecule has 2 N–H and O–H groups in total. The lowest BCUT2D eigenvalue weighted by Crippen LogP contribution is -2.20. The zero-order valence-corrected chi connectivity index (χ0v) is 11.0. The van der Waals surface area contributed by atoms with Crippen LogP contribution >= 0.6 is 0 Å². The molecule has 0 heterocycles. The average molecular weight is 263 g/mol. The topological polar surface area (TPSA) is 75.6 Å². The fourth-order valence-corrected chi connectivity index (χ4v) is 1.53. The number of carboxylic acid groups (broad SMARTS) is 1. The number of carboxylic acids is 1. The number of aromatic carboxylic acids is 1. The Morgan fingerprint density at radius 3 is 2.74 bits per heavy atom. The van der Waals surface area contributed by atoms with E-state index in [1.807, 2.05) is 6.08 Å². The maximum absolute atomic E-state index is 11.1. The Morgan fingerprint density at radius 1 is 1.42 bits per heavy atom. The van der Waals surface area contributed by atoms with Gasteiger partial charge in [0.05, 0.1) is 12.7 Å². The van der Waals surface area contributed by atoms with Crippen LogP contribution in [-0.2, 0) is 4.79 Å². The third kappa shape index (κ3) is 4.83. The van der Waals surface area contributed by atoms with Crippen LogP contribution < -0.4 is 10.1 Å². The maximum atomic E-state index is 11.1. The number of amides is 1. The van der Waals surface area contributed by atoms with Crippen LogP contribution in [0.1, 0.15) is 29.3 Å². The van der Waals surface area contributed by atoms with Gasteiger partial charge in [-0.1, -0.05) is 18.2 Å². The Labute approximate surface area is 111 Å². The standard InChI is InChI=1S/C14H17NO4/c1-10(16)15-8-4-3-5-11-6-7-12(19-2)9-13(11)14(17)18/h3,5-7,9H,4,8H2,1-2H3,(H,15,16)(H,17,18). The first-order chi connectivity index (χ1) is 9.04. The normalized spacial score (nSPS) is 10.4. The monoisotopic (exact) mass is 263 g/mol. The Balaban J connectivity index is 2.74. The maximum Gasteiger partial charge on any atom is 0.336 e. The van der Waals surface area contributed by atoms with Gasteiger partial charge in [-0.3, -0.25) is 4.79 Å². The third-order valence-electron chi connectivity index (χ3n) is 2.47. The van der Waals surface area contributed by atoms with Gasteiger partial charge in [-0.25, -0.2) is 4.79 Å². The van der Waals surface area contributed by atoms with Crippen molar-refractivity contribution in [1.29, 1.82) is 0 Å². The quantitative estimate of drug-likeness (QED) is 0.769. The number of benzene rings is 1. The molecule has 5 heteroatoms. The number of hydrogen-bond donors (Lipinski definition) is 2. The summed E-state index contributed by atoms with van der Waals surface area (Å²) in [6.45, 7) is 1.99. The highest BCUT2D eigenvalue weighted by atomic mass is 16.5. The van der Waals surface area contributed by atoms with Crippen molar-refractivity contribution in [3.8, 4) is 5.75 Å². The molecule has 0 aliphatic carbocycles. The highest BCUT2D eigenvalue weighted by Gasteiger charge is 2.09. The van der Waals surface area contributed by atoms with Crippen LogP contribution in [0.4, 0.5) is 0 Å². The van der Waals surface area contributed by atoms with E-state index in [9.17, 15) is 9.59 Å². The molecule has 0 spiro atoms. The van der Waals surface area contributed by atoms with E-state index in [0.29, 0.717) is 24.3 Å². The van der Waals surface area contributed by atoms with Crippen LogP contribution in [0.2, 0.25) is 0 Å². The molecule has 0 radical (unpaired) electrons. The Hall–Kier alpha value is -2.30. The SMILES string of the molecule is COc1ccc(C=CCCNC(C)=O)c(C(=O)O)c1. The van der Waals surface area contributed by atoms with Crippen molar-refractivity contribution in [1.82, 2.24) is 5.32 Å². The van der Waals surface area contributed by atoms with E-state index >= 15 is 0 Å². The van der Waals surface area contributed by atoms with E-state index in [4.69, 9.17) is 9.84 Å². The lowest BCUT2D eigenvalue weighted by molar-refractivity contribution is -0.118. The van der Waals surface area contributed by atoms with Gasteiger partial charge in [0.25, 0.3) is 0 Å². The van der Waals surface area contributed by atoms with Crippen molar-refractivity contribution in [2.45, 2.75) is 13.3 Å². The second-order valence-electron chi connectivity index (χ2n) is 3.93. The molecule has 0 saturated heterocycles. The molecule has 19 heavy (non-hydrogen) atoms. The van der Waals surface area contributed by atoms with Crippen molar-refractivity contribution in [3.05, 3.63) is 35.4 Å². The minimum absolute atomic E-state index is 0.0796. The van der Waals surface area contributed by atoms with Crippen molar-refractivity contribution >= 4 is 18.0 Å². The van der Waals surface area contributed by atoms with E-state index in [1.54, 1.807) is 18.2 Å². The van der Waals surface area contributed by atoms with Gasteiger partial charge >= 0.3 is 5.97 Å². The van der Waals surface area contributed by atoms with Crippen LogP contribution in [0.3, 0.4) is 0 Å². The summed E-state index contributed by atoms with van der Waals surface area (Å²) in [5.74, 6) is -0.572. The predicted molar refractivity (Wildman–Crippen MR) is 72.3 cm³/mol. The van der Waals surface area contributed by atoms with Crippen LogP contribution in [0.5, 0.6) is 5.75 Å². The Bertz CT molecular complexity index is 494. The first-order valence-electron chi connectivity index (χ1n) is 5.87. The van der Waals surface area contributed by atoms with Crippen LogP contribution in [-0.4, -0.2) is 30.6 Å². The average Bonchev–Trinajstić information content (AvgIpc) is 2.38. The number of ether oxygens (including phenoxy) is 1. The van der Waals surface area contributed by atoms with Gasteiger partial charge in [0, 0.05) is 13.5 Å². The van der Waals surface area contributed by atoms with E-state index < -0.39 is 5.97 Å². The highest BCUT2D eigenvalue weighted by Crippen LogP contribution is 2.19. The van der Waals surface area contributed by atoms with Gasteiger partial charge in [-0.05, 0) is 24.1 Å². The number of methoxy groups -OCH3 is 1. The van der Waals surface area contributed by atoms with Crippen molar-refractivity contribution in [2.24, 2.45) is 0 Å². The lowest BCUT2D eigenvalue weighted by Gasteiger charge is -2.05. The van der Waals surface area contributed by atoms with E-state index in [0.717, 1.165) is 0 Å².